The van der Waals surface area contributed by atoms with Gasteiger partial charge in [0, 0.05) is 11.6 Å². The zero-order valence-electron chi connectivity index (χ0n) is 11.2. The summed E-state index contributed by atoms with van der Waals surface area (Å²) in [5, 5.41) is 0.813. The third-order valence-corrected chi connectivity index (χ3v) is 3.31. The predicted octanol–water partition coefficient (Wildman–Crippen LogP) is 1.37. The second kappa shape index (κ2) is 5.00. The van der Waals surface area contributed by atoms with Gasteiger partial charge in [-0.25, -0.2) is 4.98 Å². The minimum absolute atomic E-state index is 0.0802. The van der Waals surface area contributed by atoms with Gasteiger partial charge in [0.05, 0.1) is 6.67 Å². The van der Waals surface area contributed by atoms with Gasteiger partial charge in [-0.2, -0.15) is 13.2 Å². The summed E-state index contributed by atoms with van der Waals surface area (Å²) >= 11 is 0. The Balaban J connectivity index is 1.76. The number of rotatable bonds is 2. The molecule has 0 aliphatic carbocycles. The van der Waals surface area contributed by atoms with Crippen LogP contribution in [0.25, 0.3) is 11.0 Å². The van der Waals surface area contributed by atoms with Crippen LogP contribution in [0.3, 0.4) is 0 Å². The van der Waals surface area contributed by atoms with Gasteiger partial charge in [-0.05, 0) is 18.2 Å². The van der Waals surface area contributed by atoms with Gasteiger partial charge in [-0.3, -0.25) is 9.59 Å². The number of fused-ring (bicyclic) bond motifs is 1. The first kappa shape index (κ1) is 14.4. The fourth-order valence-corrected chi connectivity index (χ4v) is 2.30. The summed E-state index contributed by atoms with van der Waals surface area (Å²) in [5.41, 5.74) is 0.583. The Kier molecular flexibility index (Phi) is 3.27. The van der Waals surface area contributed by atoms with Gasteiger partial charge in [-0.15, -0.1) is 0 Å². The first-order chi connectivity index (χ1) is 10.3. The first-order valence-electron chi connectivity index (χ1n) is 6.41. The normalized spacial score (nSPS) is 15.9. The number of aromatic nitrogens is 2. The molecule has 1 saturated heterocycles. The van der Waals surface area contributed by atoms with E-state index >= 15 is 0 Å². The summed E-state index contributed by atoms with van der Waals surface area (Å²) in [4.78, 5) is 32.4. The van der Waals surface area contributed by atoms with Crippen molar-refractivity contribution >= 4 is 22.8 Å². The third kappa shape index (κ3) is 2.74. The van der Waals surface area contributed by atoms with Crippen molar-refractivity contribution in [2.24, 2.45) is 0 Å². The van der Waals surface area contributed by atoms with E-state index in [9.17, 15) is 22.8 Å². The van der Waals surface area contributed by atoms with Crippen molar-refractivity contribution in [2.45, 2.75) is 6.18 Å². The molecule has 6 nitrogen and oxygen atoms in total. The Morgan fingerprint density at radius 3 is 2.82 bits per heavy atom. The SMILES string of the molecule is O=C1CN(C(=O)c2ccc3cc[nH]c3n2)CN1CC(F)(F)F. The fourth-order valence-electron chi connectivity index (χ4n) is 2.30. The van der Waals surface area contributed by atoms with Gasteiger partial charge in [0.25, 0.3) is 5.91 Å². The quantitative estimate of drug-likeness (QED) is 0.910. The summed E-state index contributed by atoms with van der Waals surface area (Å²) in [7, 11) is 0. The van der Waals surface area contributed by atoms with Crippen LogP contribution in [0.2, 0.25) is 0 Å². The van der Waals surface area contributed by atoms with Gasteiger partial charge < -0.3 is 14.8 Å². The maximum atomic E-state index is 12.4. The van der Waals surface area contributed by atoms with E-state index in [-0.39, 0.29) is 18.9 Å². The van der Waals surface area contributed by atoms with Crippen LogP contribution in [0.1, 0.15) is 10.5 Å². The number of alkyl halides is 3. The highest BCUT2D eigenvalue weighted by Gasteiger charge is 2.39. The van der Waals surface area contributed by atoms with Crippen molar-refractivity contribution in [1.29, 1.82) is 0 Å². The molecule has 3 rings (SSSR count). The molecule has 0 unspecified atom stereocenters. The summed E-state index contributed by atoms with van der Waals surface area (Å²) < 4.78 is 37.1. The van der Waals surface area contributed by atoms with Crippen LogP contribution in [0.4, 0.5) is 13.2 Å². The Morgan fingerprint density at radius 2 is 2.09 bits per heavy atom. The third-order valence-electron chi connectivity index (χ3n) is 3.31. The zero-order valence-corrected chi connectivity index (χ0v) is 11.2. The van der Waals surface area contributed by atoms with Crippen molar-refractivity contribution in [3.63, 3.8) is 0 Å². The molecule has 0 aromatic carbocycles. The number of carbonyl (C=O) groups is 2. The Bertz CT molecular complexity index is 740. The summed E-state index contributed by atoms with van der Waals surface area (Å²) in [6.45, 7) is -2.13. The molecule has 1 fully saturated rings. The molecule has 2 aromatic heterocycles. The van der Waals surface area contributed by atoms with Crippen LogP contribution in [-0.4, -0.2) is 57.5 Å². The maximum Gasteiger partial charge on any atom is 0.406 e. The number of nitrogens with one attached hydrogen (secondary N) is 1. The van der Waals surface area contributed by atoms with E-state index in [1.807, 2.05) is 0 Å². The number of hydrogen-bond donors (Lipinski definition) is 1. The highest BCUT2D eigenvalue weighted by molar-refractivity contribution is 5.97. The molecular weight excluding hydrogens is 301 g/mol. The van der Waals surface area contributed by atoms with E-state index in [4.69, 9.17) is 0 Å². The van der Waals surface area contributed by atoms with E-state index < -0.39 is 24.5 Å². The largest absolute Gasteiger partial charge is 0.406 e. The number of halogens is 3. The molecule has 2 aromatic rings. The average Bonchev–Trinajstić information content (AvgIpc) is 3.03. The fraction of sp³-hybridized carbons (Fsp3) is 0.308. The zero-order chi connectivity index (χ0) is 15.9. The molecule has 9 heteroatoms. The van der Waals surface area contributed by atoms with Crippen molar-refractivity contribution in [3.05, 3.63) is 30.1 Å². The lowest BCUT2D eigenvalue weighted by Gasteiger charge is -2.19. The lowest BCUT2D eigenvalue weighted by Crippen LogP contribution is -2.37. The monoisotopic (exact) mass is 312 g/mol. The smallest absolute Gasteiger partial charge is 0.346 e. The molecule has 0 bridgehead atoms. The molecule has 0 atom stereocenters. The van der Waals surface area contributed by atoms with Gasteiger partial charge in [0.2, 0.25) is 5.91 Å². The minimum Gasteiger partial charge on any atom is -0.346 e. The van der Waals surface area contributed by atoms with Gasteiger partial charge in [0.15, 0.2) is 0 Å². The number of carbonyl (C=O) groups excluding carboxylic acids is 2. The Hall–Kier alpha value is -2.58. The van der Waals surface area contributed by atoms with Crippen LogP contribution in [-0.2, 0) is 4.79 Å². The van der Waals surface area contributed by atoms with E-state index in [1.54, 1.807) is 18.3 Å². The highest BCUT2D eigenvalue weighted by atomic mass is 19.4. The number of pyridine rings is 1. The van der Waals surface area contributed by atoms with Gasteiger partial charge >= 0.3 is 6.18 Å². The van der Waals surface area contributed by atoms with Crippen LogP contribution in [0, 0.1) is 0 Å². The van der Waals surface area contributed by atoms with Crippen LogP contribution < -0.4 is 0 Å². The van der Waals surface area contributed by atoms with E-state index in [2.05, 4.69) is 9.97 Å². The number of aromatic amines is 1. The molecule has 0 spiro atoms. The topological polar surface area (TPSA) is 69.3 Å². The summed E-state index contributed by atoms with van der Waals surface area (Å²) in [5.74, 6) is -1.30. The second-order valence-corrected chi connectivity index (χ2v) is 4.96. The number of H-pyrrole nitrogens is 1. The van der Waals surface area contributed by atoms with Gasteiger partial charge in [0.1, 0.15) is 24.4 Å². The number of hydrogen-bond acceptors (Lipinski definition) is 3. The Morgan fingerprint density at radius 1 is 1.32 bits per heavy atom. The number of amides is 2. The highest BCUT2D eigenvalue weighted by Crippen LogP contribution is 2.20. The van der Waals surface area contributed by atoms with Crippen LogP contribution in [0.5, 0.6) is 0 Å². The number of nitrogens with zero attached hydrogens (tertiary/aromatic N) is 3. The Labute approximate surface area is 122 Å². The van der Waals surface area contributed by atoms with E-state index in [1.165, 1.54) is 6.07 Å². The van der Waals surface area contributed by atoms with E-state index in [0.29, 0.717) is 10.5 Å². The average molecular weight is 312 g/mol. The molecule has 22 heavy (non-hydrogen) atoms. The molecular formula is C13H11F3N4O2. The first-order valence-corrected chi connectivity index (χ1v) is 6.41. The molecule has 1 aliphatic heterocycles. The maximum absolute atomic E-state index is 12.4. The standard InChI is InChI=1S/C13H11F3N4O2/c14-13(15,16)6-20-7-19(5-10(20)21)12(22)9-2-1-8-3-4-17-11(8)18-9/h1-4H,5-7H2,(H,17,18). The molecule has 0 radical (unpaired) electrons. The molecule has 3 heterocycles. The van der Waals surface area contributed by atoms with Gasteiger partial charge in [-0.1, -0.05) is 0 Å². The minimum atomic E-state index is -4.49. The van der Waals surface area contributed by atoms with Crippen molar-refractivity contribution in [3.8, 4) is 0 Å². The van der Waals surface area contributed by atoms with E-state index in [0.717, 1.165) is 10.3 Å². The molecule has 116 valence electrons. The lowest BCUT2D eigenvalue weighted by molar-refractivity contribution is -0.157. The van der Waals surface area contributed by atoms with Crippen LogP contribution in [0.15, 0.2) is 24.4 Å². The molecule has 1 N–H and O–H groups in total. The van der Waals surface area contributed by atoms with Crippen molar-refractivity contribution in [2.75, 3.05) is 19.8 Å². The molecule has 1 aliphatic rings. The van der Waals surface area contributed by atoms with Crippen molar-refractivity contribution in [1.82, 2.24) is 19.8 Å². The molecule has 2 amide bonds. The van der Waals surface area contributed by atoms with Crippen molar-refractivity contribution < 1.29 is 22.8 Å². The second-order valence-electron chi connectivity index (χ2n) is 4.96. The lowest BCUT2D eigenvalue weighted by atomic mass is 10.2. The van der Waals surface area contributed by atoms with Crippen LogP contribution >= 0.6 is 0 Å². The molecule has 0 saturated carbocycles. The summed E-state index contributed by atoms with van der Waals surface area (Å²) in [6, 6.07) is 4.94. The predicted molar refractivity (Wildman–Crippen MR) is 69.8 cm³/mol. The summed E-state index contributed by atoms with van der Waals surface area (Å²) in [6.07, 6.45) is -2.83.